The highest BCUT2D eigenvalue weighted by Crippen LogP contribution is 2.18. The van der Waals surface area contributed by atoms with Crippen LogP contribution in [0.15, 0.2) is 72.3 Å². The van der Waals surface area contributed by atoms with Gasteiger partial charge in [0.15, 0.2) is 6.29 Å². The summed E-state index contributed by atoms with van der Waals surface area (Å²) in [6.07, 6.45) is 7.28. The Labute approximate surface area is 171 Å². The fourth-order valence-corrected chi connectivity index (χ4v) is 3.19. The molecule has 1 unspecified atom stereocenters. The Bertz CT molecular complexity index is 614. The largest absolute Gasteiger partial charge is 0.352 e. The molecule has 0 N–H and O–H groups in total. The summed E-state index contributed by atoms with van der Waals surface area (Å²) in [6, 6.07) is 21.0. The zero-order valence-corrected chi connectivity index (χ0v) is 17.8. The molecule has 0 aliphatic heterocycles. The van der Waals surface area contributed by atoms with Gasteiger partial charge in [-0.25, -0.2) is 0 Å². The van der Waals surface area contributed by atoms with Gasteiger partial charge in [-0.3, -0.25) is 0 Å². The third-order valence-corrected chi connectivity index (χ3v) is 4.88. The van der Waals surface area contributed by atoms with E-state index in [1.165, 1.54) is 23.1 Å². The van der Waals surface area contributed by atoms with Crippen molar-refractivity contribution < 1.29 is 9.47 Å². The van der Waals surface area contributed by atoms with Crippen LogP contribution in [0.2, 0.25) is 0 Å². The van der Waals surface area contributed by atoms with E-state index in [0.29, 0.717) is 19.1 Å². The molecule has 0 fully saturated rings. The molecule has 0 amide bonds. The van der Waals surface area contributed by atoms with Crippen LogP contribution in [0, 0.1) is 5.92 Å². The molecule has 0 saturated heterocycles. The molecule has 0 radical (unpaired) electrons. The highest BCUT2D eigenvalue weighted by atomic mass is 16.7. The number of benzene rings is 2. The number of hydrogen-bond acceptors (Lipinski definition) is 2. The molecule has 0 aliphatic rings. The first kappa shape index (κ1) is 22.4. The lowest BCUT2D eigenvalue weighted by Crippen LogP contribution is -2.23. The van der Waals surface area contributed by atoms with Gasteiger partial charge < -0.3 is 9.47 Å². The summed E-state index contributed by atoms with van der Waals surface area (Å²) in [5, 5.41) is 0. The summed E-state index contributed by atoms with van der Waals surface area (Å²) in [7, 11) is 0. The Morgan fingerprint density at radius 3 is 1.79 bits per heavy atom. The lowest BCUT2D eigenvalue weighted by Gasteiger charge is -2.22. The minimum Gasteiger partial charge on any atom is -0.352 e. The monoisotopic (exact) mass is 380 g/mol. The fourth-order valence-electron chi connectivity index (χ4n) is 3.19. The van der Waals surface area contributed by atoms with Crippen molar-refractivity contribution in [2.45, 2.75) is 59.2 Å². The summed E-state index contributed by atoms with van der Waals surface area (Å²) < 4.78 is 12.3. The third kappa shape index (κ3) is 9.87. The predicted molar refractivity (Wildman–Crippen MR) is 118 cm³/mol. The Morgan fingerprint density at radius 1 is 0.821 bits per heavy atom. The van der Waals surface area contributed by atoms with Crippen molar-refractivity contribution in [3.63, 3.8) is 0 Å². The van der Waals surface area contributed by atoms with E-state index < -0.39 is 0 Å². The molecule has 28 heavy (non-hydrogen) atoms. The van der Waals surface area contributed by atoms with E-state index in [1.54, 1.807) is 0 Å². The second kappa shape index (κ2) is 13.3. The van der Waals surface area contributed by atoms with Gasteiger partial charge in [0, 0.05) is 6.42 Å². The van der Waals surface area contributed by atoms with E-state index in [1.807, 2.05) is 12.1 Å². The van der Waals surface area contributed by atoms with Gasteiger partial charge in [-0.15, -0.1) is 0 Å². The zero-order chi connectivity index (χ0) is 20.0. The van der Waals surface area contributed by atoms with Crippen LogP contribution in [-0.2, 0) is 22.3 Å². The molecule has 0 heterocycles. The van der Waals surface area contributed by atoms with Crippen LogP contribution in [0.1, 0.15) is 51.2 Å². The Kier molecular flexibility index (Phi) is 10.6. The van der Waals surface area contributed by atoms with Crippen molar-refractivity contribution in [1.82, 2.24) is 0 Å². The van der Waals surface area contributed by atoms with Crippen molar-refractivity contribution in [2.24, 2.45) is 5.92 Å². The average Bonchev–Trinajstić information content (AvgIpc) is 2.69. The normalized spacial score (nSPS) is 12.1. The topological polar surface area (TPSA) is 18.5 Å². The van der Waals surface area contributed by atoms with Crippen LogP contribution >= 0.6 is 0 Å². The van der Waals surface area contributed by atoms with Crippen LogP contribution in [0.3, 0.4) is 0 Å². The Morgan fingerprint density at radius 2 is 1.32 bits per heavy atom. The summed E-state index contributed by atoms with van der Waals surface area (Å²) in [5.74, 6) is 0.578. The molecular weight excluding hydrogens is 344 g/mol. The smallest absolute Gasteiger partial charge is 0.157 e. The first-order valence-corrected chi connectivity index (χ1v) is 10.6. The lowest BCUT2D eigenvalue weighted by atomic mass is 10.0. The molecule has 0 spiro atoms. The van der Waals surface area contributed by atoms with Crippen LogP contribution in [-0.4, -0.2) is 19.5 Å². The molecule has 2 aromatic rings. The van der Waals surface area contributed by atoms with Crippen molar-refractivity contribution in [3.8, 4) is 0 Å². The SMILES string of the molecule is CC(C)=CCCC(C)CC(OCCc1ccccc1)OCCc1ccccc1. The molecule has 0 saturated carbocycles. The predicted octanol–water partition coefficient (Wildman–Crippen LogP) is 6.60. The van der Waals surface area contributed by atoms with Crippen molar-refractivity contribution in [2.75, 3.05) is 13.2 Å². The summed E-state index contributed by atoms with van der Waals surface area (Å²) in [5.41, 5.74) is 4.01. The van der Waals surface area contributed by atoms with Crippen molar-refractivity contribution in [1.29, 1.82) is 0 Å². The molecule has 2 heteroatoms. The van der Waals surface area contributed by atoms with Gasteiger partial charge in [0.2, 0.25) is 0 Å². The highest BCUT2D eigenvalue weighted by Gasteiger charge is 2.14. The van der Waals surface area contributed by atoms with Gasteiger partial charge >= 0.3 is 0 Å². The molecule has 0 aromatic heterocycles. The fraction of sp³-hybridized carbons (Fsp3) is 0.462. The number of allylic oxidation sites excluding steroid dienone is 2. The molecule has 0 bridgehead atoms. The number of ether oxygens (including phenoxy) is 2. The second-order valence-corrected chi connectivity index (χ2v) is 7.84. The first-order valence-electron chi connectivity index (χ1n) is 10.6. The molecule has 152 valence electrons. The Hall–Kier alpha value is -1.90. The molecule has 0 aliphatic carbocycles. The molecule has 1 atom stereocenters. The molecular formula is C26H36O2. The lowest BCUT2D eigenvalue weighted by molar-refractivity contribution is -0.150. The van der Waals surface area contributed by atoms with E-state index >= 15 is 0 Å². The van der Waals surface area contributed by atoms with Gasteiger partial charge in [0.05, 0.1) is 13.2 Å². The van der Waals surface area contributed by atoms with Crippen LogP contribution in [0.5, 0.6) is 0 Å². The minimum atomic E-state index is -0.130. The maximum absolute atomic E-state index is 6.14. The molecule has 2 nitrogen and oxygen atoms in total. The molecule has 2 rings (SSSR count). The van der Waals surface area contributed by atoms with E-state index in [2.05, 4.69) is 75.4 Å². The summed E-state index contributed by atoms with van der Waals surface area (Å²) in [4.78, 5) is 0. The molecule has 2 aromatic carbocycles. The maximum atomic E-state index is 6.14. The van der Waals surface area contributed by atoms with E-state index in [4.69, 9.17) is 9.47 Å². The van der Waals surface area contributed by atoms with Gasteiger partial charge in [-0.2, -0.15) is 0 Å². The van der Waals surface area contributed by atoms with Gasteiger partial charge in [-0.05, 0) is 56.6 Å². The van der Waals surface area contributed by atoms with E-state index in [-0.39, 0.29) is 6.29 Å². The van der Waals surface area contributed by atoms with Gasteiger partial charge in [-0.1, -0.05) is 79.2 Å². The standard InChI is InChI=1S/C26H36O2/c1-22(2)11-10-12-23(3)21-26(27-19-17-24-13-6-4-7-14-24)28-20-18-25-15-8-5-9-16-25/h4-9,11,13-16,23,26H,10,12,17-21H2,1-3H3. The van der Waals surface area contributed by atoms with Crippen LogP contribution in [0.4, 0.5) is 0 Å². The highest BCUT2D eigenvalue weighted by molar-refractivity contribution is 5.15. The Balaban J connectivity index is 1.79. The van der Waals surface area contributed by atoms with Crippen LogP contribution < -0.4 is 0 Å². The summed E-state index contributed by atoms with van der Waals surface area (Å²) >= 11 is 0. The van der Waals surface area contributed by atoms with Gasteiger partial charge in [0.25, 0.3) is 0 Å². The number of rotatable bonds is 13. The van der Waals surface area contributed by atoms with E-state index in [9.17, 15) is 0 Å². The van der Waals surface area contributed by atoms with Crippen LogP contribution in [0.25, 0.3) is 0 Å². The second-order valence-electron chi connectivity index (χ2n) is 7.84. The summed E-state index contributed by atoms with van der Waals surface area (Å²) in [6.45, 7) is 8.01. The zero-order valence-electron chi connectivity index (χ0n) is 17.8. The number of hydrogen-bond donors (Lipinski definition) is 0. The third-order valence-electron chi connectivity index (χ3n) is 4.88. The maximum Gasteiger partial charge on any atom is 0.157 e. The van der Waals surface area contributed by atoms with Crippen molar-refractivity contribution in [3.05, 3.63) is 83.4 Å². The van der Waals surface area contributed by atoms with Crippen molar-refractivity contribution >= 4 is 0 Å². The quantitative estimate of drug-likeness (QED) is 0.288. The average molecular weight is 381 g/mol. The minimum absolute atomic E-state index is 0.130. The van der Waals surface area contributed by atoms with Gasteiger partial charge in [0.1, 0.15) is 0 Å². The van der Waals surface area contributed by atoms with E-state index in [0.717, 1.165) is 25.7 Å². The first-order chi connectivity index (χ1) is 13.6.